The Bertz CT molecular complexity index is 1000. The van der Waals surface area contributed by atoms with Crippen LogP contribution in [0.15, 0.2) is 24.3 Å². The minimum absolute atomic E-state index is 0.0217. The smallest absolute Gasteiger partial charge is 0.256 e. The van der Waals surface area contributed by atoms with E-state index in [2.05, 4.69) is 30.0 Å². The first-order valence-electron chi connectivity index (χ1n) is 11.7. The zero-order valence-corrected chi connectivity index (χ0v) is 18.7. The lowest BCUT2D eigenvalue weighted by molar-refractivity contribution is 0.0745. The normalized spacial score (nSPS) is 18.6. The standard InChI is InChI=1S/C25H31N3O4/c1-2-17-14-22-23(15-28(10-11-29)25(22)30)26-24(17)27-8-5-20(6-9-27)32-21-4-3-19-16-31-12-7-18(19)13-21/h3-4,13-14,20,29H,2,5-12,15-16H2,1H3. The number of benzene rings is 1. The van der Waals surface area contributed by atoms with Gasteiger partial charge in [0.25, 0.3) is 5.91 Å². The second kappa shape index (κ2) is 9.08. The monoisotopic (exact) mass is 437 g/mol. The van der Waals surface area contributed by atoms with Crippen LogP contribution in [0.3, 0.4) is 0 Å². The molecule has 1 aromatic carbocycles. The SMILES string of the molecule is CCc1cc2c(nc1N1CCC(Oc3ccc4c(c3)CCOC4)CC1)CN(CCO)C2=O. The number of carbonyl (C=O) groups excluding carboxylic acids is 1. The van der Waals surface area contributed by atoms with E-state index in [0.717, 1.165) is 68.2 Å². The van der Waals surface area contributed by atoms with E-state index in [0.29, 0.717) is 25.3 Å². The minimum atomic E-state index is -0.0290. The van der Waals surface area contributed by atoms with E-state index in [4.69, 9.17) is 14.5 Å². The Hall–Kier alpha value is -2.64. The van der Waals surface area contributed by atoms with Gasteiger partial charge >= 0.3 is 0 Å². The second-order valence-electron chi connectivity index (χ2n) is 8.81. The van der Waals surface area contributed by atoms with Gasteiger partial charge in [-0.25, -0.2) is 4.98 Å². The molecule has 170 valence electrons. The molecule has 5 rings (SSSR count). The minimum Gasteiger partial charge on any atom is -0.490 e. The van der Waals surface area contributed by atoms with E-state index in [9.17, 15) is 9.90 Å². The largest absolute Gasteiger partial charge is 0.490 e. The van der Waals surface area contributed by atoms with Crippen molar-refractivity contribution >= 4 is 11.7 Å². The van der Waals surface area contributed by atoms with Crippen LogP contribution in [0.4, 0.5) is 5.82 Å². The summed E-state index contributed by atoms with van der Waals surface area (Å²) in [5.74, 6) is 1.93. The summed E-state index contributed by atoms with van der Waals surface area (Å²) in [6.07, 6.45) is 3.87. The Balaban J connectivity index is 1.25. The fourth-order valence-electron chi connectivity index (χ4n) is 4.94. The average molecular weight is 438 g/mol. The van der Waals surface area contributed by atoms with Gasteiger partial charge in [0.15, 0.2) is 0 Å². The first kappa shape index (κ1) is 21.2. The van der Waals surface area contributed by atoms with Crippen LogP contribution in [0.5, 0.6) is 5.75 Å². The molecule has 1 amide bonds. The summed E-state index contributed by atoms with van der Waals surface area (Å²) in [5, 5.41) is 9.23. The number of amides is 1. The summed E-state index contributed by atoms with van der Waals surface area (Å²) in [7, 11) is 0. The van der Waals surface area contributed by atoms with Gasteiger partial charge in [0, 0.05) is 32.5 Å². The van der Waals surface area contributed by atoms with Gasteiger partial charge in [0.05, 0.1) is 37.6 Å². The third kappa shape index (κ3) is 4.07. The van der Waals surface area contributed by atoms with Crippen molar-refractivity contribution in [1.29, 1.82) is 0 Å². The maximum Gasteiger partial charge on any atom is 0.256 e. The fraction of sp³-hybridized carbons (Fsp3) is 0.520. The number of aryl methyl sites for hydroxylation is 1. The zero-order chi connectivity index (χ0) is 22.1. The van der Waals surface area contributed by atoms with Crippen LogP contribution in [0.25, 0.3) is 0 Å². The number of hydrogen-bond donors (Lipinski definition) is 1. The first-order valence-corrected chi connectivity index (χ1v) is 11.7. The number of carbonyl (C=O) groups is 1. The molecule has 7 nitrogen and oxygen atoms in total. The summed E-state index contributed by atoms with van der Waals surface area (Å²) in [4.78, 5) is 21.5. The number of β-amino-alcohol motifs (C(OH)–C–C–N with tert-alkyl or cyclic N) is 1. The maximum atomic E-state index is 12.6. The molecular weight excluding hydrogens is 406 g/mol. The number of aromatic nitrogens is 1. The molecule has 1 saturated heterocycles. The molecule has 0 unspecified atom stereocenters. The van der Waals surface area contributed by atoms with E-state index >= 15 is 0 Å². The zero-order valence-electron chi connectivity index (χ0n) is 18.7. The molecule has 0 atom stereocenters. The van der Waals surface area contributed by atoms with Gasteiger partial charge in [-0.1, -0.05) is 13.0 Å². The highest BCUT2D eigenvalue weighted by molar-refractivity contribution is 5.98. The van der Waals surface area contributed by atoms with Crippen molar-refractivity contribution in [3.63, 3.8) is 0 Å². The third-order valence-electron chi connectivity index (χ3n) is 6.76. The second-order valence-corrected chi connectivity index (χ2v) is 8.81. The molecule has 3 aliphatic rings. The van der Waals surface area contributed by atoms with E-state index < -0.39 is 0 Å². The van der Waals surface area contributed by atoms with E-state index in [-0.39, 0.29) is 18.6 Å². The third-order valence-corrected chi connectivity index (χ3v) is 6.76. The van der Waals surface area contributed by atoms with E-state index in [1.165, 1.54) is 11.1 Å². The summed E-state index contributed by atoms with van der Waals surface area (Å²) < 4.78 is 11.9. The van der Waals surface area contributed by atoms with Crippen molar-refractivity contribution in [3.8, 4) is 5.75 Å². The number of aliphatic hydroxyl groups excluding tert-OH is 1. The molecule has 3 aliphatic heterocycles. The molecule has 0 saturated carbocycles. The molecule has 1 fully saturated rings. The van der Waals surface area contributed by atoms with Crippen LogP contribution in [0.1, 0.15) is 52.5 Å². The lowest BCUT2D eigenvalue weighted by Gasteiger charge is -2.34. The maximum absolute atomic E-state index is 12.6. The van der Waals surface area contributed by atoms with Crippen LogP contribution >= 0.6 is 0 Å². The number of piperidine rings is 1. The molecule has 4 heterocycles. The Morgan fingerprint density at radius 1 is 1.22 bits per heavy atom. The van der Waals surface area contributed by atoms with E-state index in [1.807, 2.05) is 6.07 Å². The van der Waals surface area contributed by atoms with Crippen LogP contribution in [-0.4, -0.2) is 59.8 Å². The van der Waals surface area contributed by atoms with Crippen molar-refractivity contribution in [3.05, 3.63) is 52.2 Å². The number of aliphatic hydroxyl groups is 1. The molecule has 0 radical (unpaired) electrons. The predicted molar refractivity (Wildman–Crippen MR) is 121 cm³/mol. The van der Waals surface area contributed by atoms with Gasteiger partial charge in [-0.3, -0.25) is 4.79 Å². The number of anilines is 1. The number of ether oxygens (including phenoxy) is 2. The topological polar surface area (TPSA) is 75.1 Å². The molecule has 32 heavy (non-hydrogen) atoms. The van der Waals surface area contributed by atoms with Crippen molar-refractivity contribution < 1.29 is 19.4 Å². The highest BCUT2D eigenvalue weighted by atomic mass is 16.5. The lowest BCUT2D eigenvalue weighted by Crippen LogP contribution is -2.39. The average Bonchev–Trinajstić information content (AvgIpc) is 3.13. The fourth-order valence-corrected chi connectivity index (χ4v) is 4.94. The Kier molecular flexibility index (Phi) is 6.02. The molecule has 1 N–H and O–H groups in total. The van der Waals surface area contributed by atoms with Crippen LogP contribution in [0.2, 0.25) is 0 Å². The van der Waals surface area contributed by atoms with Gasteiger partial charge in [0.2, 0.25) is 0 Å². The number of pyridine rings is 1. The quantitative estimate of drug-likeness (QED) is 0.749. The van der Waals surface area contributed by atoms with Crippen molar-refractivity contribution in [2.24, 2.45) is 0 Å². The molecular formula is C25H31N3O4. The number of nitrogens with zero attached hydrogens (tertiary/aromatic N) is 3. The van der Waals surface area contributed by atoms with Crippen LogP contribution < -0.4 is 9.64 Å². The van der Waals surface area contributed by atoms with Gasteiger partial charge in [-0.15, -0.1) is 0 Å². The van der Waals surface area contributed by atoms with Crippen LogP contribution in [-0.2, 0) is 30.7 Å². The predicted octanol–water partition coefficient (Wildman–Crippen LogP) is 2.71. The van der Waals surface area contributed by atoms with E-state index in [1.54, 1.807) is 4.90 Å². The number of hydrogen-bond acceptors (Lipinski definition) is 6. The summed E-state index contributed by atoms with van der Waals surface area (Å²) in [6.45, 7) is 6.16. The Morgan fingerprint density at radius 3 is 2.84 bits per heavy atom. The van der Waals surface area contributed by atoms with Gasteiger partial charge in [-0.05, 0) is 47.7 Å². The van der Waals surface area contributed by atoms with Gasteiger partial charge < -0.3 is 24.4 Å². The molecule has 0 aliphatic carbocycles. The highest BCUT2D eigenvalue weighted by Crippen LogP contribution is 2.31. The molecule has 0 spiro atoms. The summed E-state index contributed by atoms with van der Waals surface area (Å²) in [5.41, 5.74) is 5.23. The van der Waals surface area contributed by atoms with Crippen molar-refractivity contribution in [2.75, 3.05) is 37.7 Å². The van der Waals surface area contributed by atoms with Crippen molar-refractivity contribution in [2.45, 2.75) is 51.9 Å². The van der Waals surface area contributed by atoms with Gasteiger partial charge in [-0.2, -0.15) is 0 Å². The Morgan fingerprint density at radius 2 is 2.06 bits per heavy atom. The molecule has 2 aromatic rings. The Labute approximate surface area is 189 Å². The molecule has 1 aromatic heterocycles. The molecule has 0 bridgehead atoms. The number of fused-ring (bicyclic) bond motifs is 2. The highest BCUT2D eigenvalue weighted by Gasteiger charge is 2.31. The first-order chi connectivity index (χ1) is 15.7. The van der Waals surface area contributed by atoms with Crippen molar-refractivity contribution in [1.82, 2.24) is 9.88 Å². The summed E-state index contributed by atoms with van der Waals surface area (Å²) in [6, 6.07) is 8.38. The van der Waals surface area contributed by atoms with Gasteiger partial charge in [0.1, 0.15) is 17.7 Å². The number of rotatable bonds is 6. The summed E-state index contributed by atoms with van der Waals surface area (Å²) >= 11 is 0. The molecule has 7 heteroatoms. The lowest BCUT2D eigenvalue weighted by atomic mass is 10.0. The van der Waals surface area contributed by atoms with Crippen LogP contribution in [0, 0.1) is 0 Å².